The monoisotopic (exact) mass is 256 g/mol. The second kappa shape index (κ2) is 11.0. The number of nitrogens with zero attached hydrogens (tertiary/aromatic N) is 3. The number of nitrogens with two attached hydrogens (primary N) is 1. The molecule has 0 aromatic carbocycles. The number of hydrogen-bond donors (Lipinski definition) is 2. The minimum Gasteiger partial charge on any atom is -0.475 e. The zero-order valence-electron chi connectivity index (χ0n) is 9.15. The van der Waals surface area contributed by atoms with Crippen molar-refractivity contribution in [3.63, 3.8) is 0 Å². The van der Waals surface area contributed by atoms with Gasteiger partial charge in [-0.2, -0.15) is 13.2 Å². The van der Waals surface area contributed by atoms with E-state index in [4.69, 9.17) is 21.2 Å². The first-order chi connectivity index (χ1) is 7.86. The zero-order valence-corrected chi connectivity index (χ0v) is 9.15. The number of halogens is 3. The number of carbonyl (C=O) groups is 1. The van der Waals surface area contributed by atoms with Crippen LogP contribution >= 0.6 is 0 Å². The van der Waals surface area contributed by atoms with Crippen molar-refractivity contribution in [1.29, 1.82) is 0 Å². The van der Waals surface area contributed by atoms with Crippen LogP contribution in [0.2, 0.25) is 0 Å². The fourth-order valence-electron chi connectivity index (χ4n) is 0.725. The second-order valence-electron chi connectivity index (χ2n) is 2.96. The fourth-order valence-corrected chi connectivity index (χ4v) is 0.725. The Labute approximate surface area is 96.2 Å². The molecule has 0 unspecified atom stereocenters. The maximum absolute atomic E-state index is 10.6. The van der Waals surface area contributed by atoms with Crippen molar-refractivity contribution < 1.29 is 23.1 Å². The molecule has 0 spiro atoms. The minimum absolute atomic E-state index is 0.626. The highest BCUT2D eigenvalue weighted by molar-refractivity contribution is 5.73. The van der Waals surface area contributed by atoms with Gasteiger partial charge in [-0.25, -0.2) is 4.79 Å². The van der Waals surface area contributed by atoms with Crippen LogP contribution in [-0.4, -0.2) is 30.3 Å². The molecule has 0 saturated carbocycles. The summed E-state index contributed by atoms with van der Waals surface area (Å²) in [6, 6.07) is 0. The normalized spacial score (nSPS) is 9.88. The summed E-state index contributed by atoms with van der Waals surface area (Å²) < 4.78 is 31.7. The molecule has 9 heteroatoms. The van der Waals surface area contributed by atoms with Gasteiger partial charge in [-0.3, -0.25) is 0 Å². The Morgan fingerprint density at radius 3 is 2.12 bits per heavy atom. The van der Waals surface area contributed by atoms with Crippen LogP contribution in [0.3, 0.4) is 0 Å². The molecule has 100 valence electrons. The molecule has 0 aliphatic carbocycles. The summed E-state index contributed by atoms with van der Waals surface area (Å²) in [6.45, 7) is 1.39. The summed E-state index contributed by atoms with van der Waals surface area (Å²) in [7, 11) is 0. The number of carboxylic acids is 1. The lowest BCUT2D eigenvalue weighted by atomic mass is 10.2. The summed E-state index contributed by atoms with van der Waals surface area (Å²) in [4.78, 5) is 11.5. The maximum Gasteiger partial charge on any atom is 0.490 e. The van der Waals surface area contributed by atoms with Crippen molar-refractivity contribution in [3.8, 4) is 0 Å². The number of rotatable bonds is 6. The van der Waals surface area contributed by atoms with E-state index in [0.29, 0.717) is 6.54 Å². The molecule has 6 nitrogen and oxygen atoms in total. The van der Waals surface area contributed by atoms with Crippen LogP contribution < -0.4 is 5.73 Å². The van der Waals surface area contributed by atoms with Crippen LogP contribution in [0.15, 0.2) is 5.11 Å². The molecule has 0 rings (SSSR count). The van der Waals surface area contributed by atoms with Crippen molar-refractivity contribution >= 4 is 5.97 Å². The third kappa shape index (κ3) is 17.2. The van der Waals surface area contributed by atoms with Crippen LogP contribution in [0.25, 0.3) is 10.4 Å². The van der Waals surface area contributed by atoms with Gasteiger partial charge in [0.25, 0.3) is 0 Å². The Hall–Kier alpha value is -1.47. The number of azide groups is 1. The Bertz CT molecular complexity index is 252. The van der Waals surface area contributed by atoms with E-state index >= 15 is 0 Å². The first kappa shape index (κ1) is 17.9. The molecule has 0 aromatic heterocycles. The average Bonchev–Trinajstić information content (AvgIpc) is 2.23. The molecular formula is C8H15F3N4O2. The Balaban J connectivity index is 0. The van der Waals surface area contributed by atoms with Crippen LogP contribution in [0.5, 0.6) is 0 Å². The number of aliphatic carboxylic acids is 1. The minimum atomic E-state index is -5.08. The molecule has 0 heterocycles. The molecule has 3 N–H and O–H groups in total. The molecule has 0 radical (unpaired) electrons. The van der Waals surface area contributed by atoms with E-state index in [1.165, 1.54) is 0 Å². The van der Waals surface area contributed by atoms with Crippen LogP contribution in [0, 0.1) is 0 Å². The predicted molar refractivity (Wildman–Crippen MR) is 55.2 cm³/mol. The topological polar surface area (TPSA) is 112 Å². The summed E-state index contributed by atoms with van der Waals surface area (Å²) in [6.07, 6.45) is -0.742. The first-order valence-corrected chi connectivity index (χ1v) is 4.87. The van der Waals surface area contributed by atoms with Gasteiger partial charge in [-0.1, -0.05) is 18.0 Å². The summed E-state index contributed by atoms with van der Waals surface area (Å²) in [5.74, 6) is -2.76. The standard InChI is InChI=1S/C6H14N4.C2HF3O2/c7-5-3-1-2-4-6-9-10-8;3-2(4,5)1(6)7/h1-7H2;(H,6,7). The third-order valence-electron chi connectivity index (χ3n) is 1.52. The molecule has 0 fully saturated rings. The Morgan fingerprint density at radius 1 is 1.29 bits per heavy atom. The highest BCUT2D eigenvalue weighted by atomic mass is 19.4. The summed E-state index contributed by atoms with van der Waals surface area (Å²) in [5, 5.41) is 10.5. The predicted octanol–water partition coefficient (Wildman–Crippen LogP) is 2.45. The van der Waals surface area contributed by atoms with Gasteiger partial charge in [0, 0.05) is 11.5 Å². The van der Waals surface area contributed by atoms with E-state index in [1.807, 2.05) is 0 Å². The lowest BCUT2D eigenvalue weighted by Crippen LogP contribution is -2.21. The molecule has 0 atom stereocenters. The van der Waals surface area contributed by atoms with Crippen molar-refractivity contribution in [2.45, 2.75) is 31.9 Å². The number of alkyl halides is 3. The first-order valence-electron chi connectivity index (χ1n) is 4.87. The number of carboxylic acid groups (broad SMARTS) is 1. The van der Waals surface area contributed by atoms with Gasteiger partial charge in [-0.05, 0) is 24.9 Å². The van der Waals surface area contributed by atoms with Gasteiger partial charge in [0.15, 0.2) is 0 Å². The SMILES string of the molecule is O=C(O)C(F)(F)F.[N-]=[N+]=NCCCCCCN. The van der Waals surface area contributed by atoms with Crippen molar-refractivity contribution in [1.82, 2.24) is 0 Å². The van der Waals surface area contributed by atoms with Crippen molar-refractivity contribution in [3.05, 3.63) is 10.4 Å². The quantitative estimate of drug-likeness (QED) is 0.329. The molecule has 0 aliphatic heterocycles. The van der Waals surface area contributed by atoms with Crippen LogP contribution in [0.1, 0.15) is 25.7 Å². The third-order valence-corrected chi connectivity index (χ3v) is 1.52. The molecule has 0 bridgehead atoms. The van der Waals surface area contributed by atoms with Gasteiger partial charge in [-0.15, -0.1) is 0 Å². The molecular weight excluding hydrogens is 241 g/mol. The van der Waals surface area contributed by atoms with Gasteiger partial charge in [0.2, 0.25) is 0 Å². The van der Waals surface area contributed by atoms with E-state index in [1.54, 1.807) is 0 Å². The van der Waals surface area contributed by atoms with Gasteiger partial charge in [0.05, 0.1) is 0 Å². The van der Waals surface area contributed by atoms with Crippen molar-refractivity contribution in [2.75, 3.05) is 13.1 Å². The zero-order chi connectivity index (χ0) is 13.7. The number of hydrogen-bond acceptors (Lipinski definition) is 3. The van der Waals surface area contributed by atoms with E-state index in [0.717, 1.165) is 32.2 Å². The van der Waals surface area contributed by atoms with E-state index in [-0.39, 0.29) is 0 Å². The summed E-state index contributed by atoms with van der Waals surface area (Å²) in [5.41, 5.74) is 13.2. The smallest absolute Gasteiger partial charge is 0.475 e. The highest BCUT2D eigenvalue weighted by Gasteiger charge is 2.38. The van der Waals surface area contributed by atoms with E-state index in [9.17, 15) is 13.2 Å². The largest absolute Gasteiger partial charge is 0.490 e. The maximum atomic E-state index is 10.6. The van der Waals surface area contributed by atoms with Crippen molar-refractivity contribution in [2.24, 2.45) is 10.8 Å². The lowest BCUT2D eigenvalue weighted by molar-refractivity contribution is -0.192. The lowest BCUT2D eigenvalue weighted by Gasteiger charge is -1.94. The van der Waals surface area contributed by atoms with E-state index < -0.39 is 12.1 Å². The van der Waals surface area contributed by atoms with Gasteiger partial charge >= 0.3 is 12.1 Å². The number of unbranched alkanes of at least 4 members (excludes halogenated alkanes) is 3. The Morgan fingerprint density at radius 2 is 1.76 bits per heavy atom. The van der Waals surface area contributed by atoms with Crippen LogP contribution in [0.4, 0.5) is 13.2 Å². The average molecular weight is 256 g/mol. The fraction of sp³-hybridized carbons (Fsp3) is 0.875. The molecule has 0 aliphatic rings. The molecule has 17 heavy (non-hydrogen) atoms. The van der Waals surface area contributed by atoms with Gasteiger partial charge < -0.3 is 10.8 Å². The molecule has 0 saturated heterocycles. The van der Waals surface area contributed by atoms with Crippen LogP contribution in [-0.2, 0) is 4.79 Å². The summed E-state index contributed by atoms with van der Waals surface area (Å²) >= 11 is 0. The molecule has 0 amide bonds. The second-order valence-corrected chi connectivity index (χ2v) is 2.96. The highest BCUT2D eigenvalue weighted by Crippen LogP contribution is 2.13. The van der Waals surface area contributed by atoms with Gasteiger partial charge in [0.1, 0.15) is 0 Å². The molecule has 0 aromatic rings. The Kier molecular flexibility index (Phi) is 11.6. The van der Waals surface area contributed by atoms with E-state index in [2.05, 4.69) is 10.0 Å².